The second-order valence-corrected chi connectivity index (χ2v) is 5.20. The van der Waals surface area contributed by atoms with Crippen LogP contribution in [0.4, 0.5) is 0 Å². The molecule has 1 aromatic rings. The van der Waals surface area contributed by atoms with Gasteiger partial charge >= 0.3 is 5.97 Å². The van der Waals surface area contributed by atoms with E-state index in [4.69, 9.17) is 18.9 Å². The van der Waals surface area contributed by atoms with Crippen molar-refractivity contribution in [2.75, 3.05) is 6.61 Å². The van der Waals surface area contributed by atoms with Gasteiger partial charge in [-0.2, -0.15) is 0 Å². The zero-order chi connectivity index (χ0) is 14.8. The number of carbonyl (C=O) groups excluding carboxylic acids is 1. The number of hydrogen-bond acceptors (Lipinski definition) is 6. The summed E-state index contributed by atoms with van der Waals surface area (Å²) >= 11 is 0. The summed E-state index contributed by atoms with van der Waals surface area (Å²) in [6, 6.07) is 9.60. The molecule has 5 atom stereocenters. The van der Waals surface area contributed by atoms with Gasteiger partial charge in [-0.1, -0.05) is 30.3 Å². The van der Waals surface area contributed by atoms with E-state index in [0.717, 1.165) is 5.56 Å². The Morgan fingerprint density at radius 3 is 2.81 bits per heavy atom. The molecule has 0 saturated carbocycles. The molecule has 2 saturated heterocycles. The Morgan fingerprint density at radius 2 is 2.10 bits per heavy atom. The highest BCUT2D eigenvalue weighted by molar-refractivity contribution is 5.66. The van der Waals surface area contributed by atoms with Gasteiger partial charge in [0.15, 0.2) is 12.4 Å². The molecule has 3 rings (SSSR count). The summed E-state index contributed by atoms with van der Waals surface area (Å²) in [7, 11) is 0. The van der Waals surface area contributed by atoms with Gasteiger partial charge in [-0.3, -0.25) is 4.79 Å². The Bertz CT molecular complexity index is 490. The fraction of sp³-hybridized carbons (Fsp3) is 0.533. The maximum atomic E-state index is 11.3. The molecule has 0 amide bonds. The number of hydrogen-bond donors (Lipinski definition) is 1. The second-order valence-electron chi connectivity index (χ2n) is 5.20. The molecule has 2 aliphatic heterocycles. The minimum Gasteiger partial charge on any atom is -0.457 e. The number of aliphatic hydroxyl groups is 1. The van der Waals surface area contributed by atoms with E-state index in [1.807, 2.05) is 30.3 Å². The van der Waals surface area contributed by atoms with E-state index in [1.54, 1.807) is 0 Å². The van der Waals surface area contributed by atoms with E-state index in [-0.39, 0.29) is 6.61 Å². The van der Waals surface area contributed by atoms with Crippen molar-refractivity contribution in [3.05, 3.63) is 35.9 Å². The highest BCUT2D eigenvalue weighted by atomic mass is 16.8. The first kappa shape index (κ1) is 14.5. The minimum atomic E-state index is -0.989. The summed E-state index contributed by atoms with van der Waals surface area (Å²) in [4.78, 5) is 11.3. The molecule has 0 spiro atoms. The topological polar surface area (TPSA) is 74.2 Å². The lowest BCUT2D eigenvalue weighted by molar-refractivity contribution is -0.249. The Morgan fingerprint density at radius 1 is 1.33 bits per heavy atom. The molecule has 1 N–H and O–H groups in total. The zero-order valence-corrected chi connectivity index (χ0v) is 11.7. The van der Waals surface area contributed by atoms with Crippen LogP contribution < -0.4 is 0 Å². The summed E-state index contributed by atoms with van der Waals surface area (Å²) in [6.07, 6.45) is -3.44. The average Bonchev–Trinajstić information content (AvgIpc) is 2.92. The van der Waals surface area contributed by atoms with Crippen LogP contribution in [0.3, 0.4) is 0 Å². The van der Waals surface area contributed by atoms with Crippen molar-refractivity contribution < 1.29 is 28.8 Å². The Kier molecular flexibility index (Phi) is 4.21. The highest BCUT2D eigenvalue weighted by Crippen LogP contribution is 2.32. The smallest absolute Gasteiger partial charge is 0.303 e. The van der Waals surface area contributed by atoms with Crippen molar-refractivity contribution in [2.24, 2.45) is 0 Å². The number of carbonyl (C=O) groups is 1. The van der Waals surface area contributed by atoms with Gasteiger partial charge in [0, 0.05) is 6.92 Å². The lowest BCUT2D eigenvalue weighted by atomic mass is 10.0. The Balaban J connectivity index is 1.71. The first-order valence-electron chi connectivity index (χ1n) is 6.93. The molecule has 0 aromatic heterocycles. The van der Waals surface area contributed by atoms with Crippen LogP contribution >= 0.6 is 0 Å². The summed E-state index contributed by atoms with van der Waals surface area (Å²) in [5, 5.41) is 10.3. The molecule has 114 valence electrons. The monoisotopic (exact) mass is 294 g/mol. The first-order valence-corrected chi connectivity index (χ1v) is 6.93. The third-order valence-electron chi connectivity index (χ3n) is 3.63. The molecule has 1 aromatic carbocycles. The van der Waals surface area contributed by atoms with Gasteiger partial charge in [-0.15, -0.1) is 0 Å². The fourth-order valence-electron chi connectivity index (χ4n) is 2.65. The number of benzene rings is 1. The summed E-state index contributed by atoms with van der Waals surface area (Å²) < 4.78 is 21.9. The van der Waals surface area contributed by atoms with Crippen LogP contribution in [0, 0.1) is 0 Å². The van der Waals surface area contributed by atoms with Crippen molar-refractivity contribution in [1.82, 2.24) is 0 Å². The third kappa shape index (κ3) is 3.08. The number of ether oxygens (including phenoxy) is 4. The van der Waals surface area contributed by atoms with Crippen molar-refractivity contribution in [1.29, 1.82) is 0 Å². The molecule has 0 aliphatic carbocycles. The molecule has 2 fully saturated rings. The van der Waals surface area contributed by atoms with E-state index in [2.05, 4.69) is 0 Å². The van der Waals surface area contributed by atoms with Crippen molar-refractivity contribution in [2.45, 2.75) is 44.2 Å². The Labute approximate surface area is 122 Å². The maximum absolute atomic E-state index is 11.3. The van der Waals surface area contributed by atoms with Gasteiger partial charge in [-0.25, -0.2) is 0 Å². The third-order valence-corrected chi connectivity index (χ3v) is 3.63. The highest BCUT2D eigenvalue weighted by Gasteiger charge is 2.52. The number of fused-ring (bicyclic) bond motifs is 2. The van der Waals surface area contributed by atoms with Gasteiger partial charge in [0.05, 0.1) is 13.2 Å². The fourth-order valence-corrected chi connectivity index (χ4v) is 2.65. The lowest BCUT2D eigenvalue weighted by Gasteiger charge is -2.37. The van der Waals surface area contributed by atoms with Crippen LogP contribution in [0.2, 0.25) is 0 Å². The van der Waals surface area contributed by atoms with Gasteiger partial charge in [-0.05, 0) is 5.56 Å². The normalized spacial score (nSPS) is 34.7. The second kappa shape index (κ2) is 6.11. The molecular formula is C15H18O6. The standard InChI is InChI=1S/C15H18O6/c1-9(16)20-13-11-8-19-15(21-11)12(17)14(13)18-7-10-5-3-2-4-6-10/h2-6,11-15,17H,7-8H2,1H3/t11-,12+,13-,14-,15-/m1/s1. The first-order chi connectivity index (χ1) is 10.1. The van der Waals surface area contributed by atoms with Crippen molar-refractivity contribution in [3.63, 3.8) is 0 Å². The number of esters is 1. The molecule has 2 aliphatic rings. The maximum Gasteiger partial charge on any atom is 0.303 e. The van der Waals surface area contributed by atoms with E-state index >= 15 is 0 Å². The summed E-state index contributed by atoms with van der Waals surface area (Å²) in [5.74, 6) is -0.436. The van der Waals surface area contributed by atoms with Crippen LogP contribution in [-0.2, 0) is 30.3 Å². The molecule has 2 bridgehead atoms. The molecule has 0 radical (unpaired) electrons. The molecule has 2 heterocycles. The lowest BCUT2D eigenvalue weighted by Crippen LogP contribution is -2.56. The Hall–Kier alpha value is -1.47. The van der Waals surface area contributed by atoms with Crippen LogP contribution in [0.15, 0.2) is 30.3 Å². The molecular weight excluding hydrogens is 276 g/mol. The average molecular weight is 294 g/mol. The largest absolute Gasteiger partial charge is 0.457 e. The van der Waals surface area contributed by atoms with Crippen LogP contribution in [0.25, 0.3) is 0 Å². The van der Waals surface area contributed by atoms with E-state index in [0.29, 0.717) is 6.61 Å². The zero-order valence-electron chi connectivity index (χ0n) is 11.7. The van der Waals surface area contributed by atoms with Gasteiger partial charge < -0.3 is 24.1 Å². The van der Waals surface area contributed by atoms with Gasteiger partial charge in [0.2, 0.25) is 0 Å². The van der Waals surface area contributed by atoms with Crippen LogP contribution in [0.5, 0.6) is 0 Å². The van der Waals surface area contributed by atoms with E-state index in [1.165, 1.54) is 6.92 Å². The van der Waals surface area contributed by atoms with Gasteiger partial charge in [0.1, 0.15) is 18.3 Å². The predicted octanol–water partition coefficient (Wildman–Crippen LogP) is 0.619. The van der Waals surface area contributed by atoms with Crippen LogP contribution in [0.1, 0.15) is 12.5 Å². The van der Waals surface area contributed by atoms with Crippen LogP contribution in [-0.4, -0.2) is 48.4 Å². The molecule has 0 unspecified atom stereocenters. The predicted molar refractivity (Wildman–Crippen MR) is 71.2 cm³/mol. The van der Waals surface area contributed by atoms with Crippen molar-refractivity contribution >= 4 is 5.97 Å². The number of aliphatic hydroxyl groups excluding tert-OH is 1. The molecule has 6 nitrogen and oxygen atoms in total. The van der Waals surface area contributed by atoms with Gasteiger partial charge in [0.25, 0.3) is 0 Å². The SMILES string of the molecule is CC(=O)O[C@H]1[C@H](OCc2ccccc2)[C@H](O)[C@@H]2OC[C@H]1O2. The minimum absolute atomic E-state index is 0.283. The summed E-state index contributed by atoms with van der Waals surface area (Å²) in [5.41, 5.74) is 0.978. The quantitative estimate of drug-likeness (QED) is 0.821. The molecule has 21 heavy (non-hydrogen) atoms. The van der Waals surface area contributed by atoms with E-state index in [9.17, 15) is 9.90 Å². The molecule has 6 heteroatoms. The number of rotatable bonds is 4. The van der Waals surface area contributed by atoms with E-state index < -0.39 is 36.7 Å². The summed E-state index contributed by atoms with van der Waals surface area (Å²) in [6.45, 7) is 1.92. The van der Waals surface area contributed by atoms with Crippen molar-refractivity contribution in [3.8, 4) is 0 Å².